The maximum absolute atomic E-state index is 12.1. The van der Waals surface area contributed by atoms with Gasteiger partial charge in [-0.25, -0.2) is 0 Å². The van der Waals surface area contributed by atoms with Crippen LogP contribution in [0.2, 0.25) is 0 Å². The SMILES string of the molecule is CCOc1ccccc1OCC(=O)N(C)CCC(N)C(C)C.Cl. The minimum absolute atomic E-state index is 0. The number of hydrogen-bond donors (Lipinski definition) is 1. The van der Waals surface area contributed by atoms with Crippen LogP contribution >= 0.6 is 12.4 Å². The molecular formula is C17H29ClN2O3. The summed E-state index contributed by atoms with van der Waals surface area (Å²) in [6.07, 6.45) is 0.787. The van der Waals surface area contributed by atoms with Crippen molar-refractivity contribution in [2.75, 3.05) is 26.8 Å². The Bertz CT molecular complexity index is 469. The molecule has 1 amide bonds. The number of halogens is 1. The van der Waals surface area contributed by atoms with Crippen LogP contribution in [0.25, 0.3) is 0 Å². The largest absolute Gasteiger partial charge is 0.490 e. The van der Waals surface area contributed by atoms with Crippen LogP contribution in [0, 0.1) is 5.92 Å². The molecule has 132 valence electrons. The third-order valence-electron chi connectivity index (χ3n) is 3.58. The van der Waals surface area contributed by atoms with Gasteiger partial charge in [-0.05, 0) is 31.4 Å². The topological polar surface area (TPSA) is 64.8 Å². The molecule has 1 unspecified atom stereocenters. The van der Waals surface area contributed by atoms with E-state index in [-0.39, 0.29) is 31.0 Å². The molecule has 0 radical (unpaired) electrons. The zero-order valence-corrected chi connectivity index (χ0v) is 15.3. The van der Waals surface area contributed by atoms with Gasteiger partial charge in [-0.3, -0.25) is 4.79 Å². The normalized spacial score (nSPS) is 11.6. The van der Waals surface area contributed by atoms with Gasteiger partial charge in [-0.2, -0.15) is 0 Å². The van der Waals surface area contributed by atoms with Crippen molar-refractivity contribution in [3.8, 4) is 11.5 Å². The minimum Gasteiger partial charge on any atom is -0.490 e. The quantitative estimate of drug-likeness (QED) is 0.748. The Morgan fingerprint density at radius 1 is 1.22 bits per heavy atom. The van der Waals surface area contributed by atoms with Crippen LogP contribution in [0.15, 0.2) is 24.3 Å². The summed E-state index contributed by atoms with van der Waals surface area (Å²) in [5.74, 6) is 1.59. The number of likely N-dealkylation sites (N-methyl/N-ethyl adjacent to an activating group) is 1. The molecule has 1 rings (SSSR count). The summed E-state index contributed by atoms with van der Waals surface area (Å²) in [6.45, 7) is 7.27. The summed E-state index contributed by atoms with van der Waals surface area (Å²) < 4.78 is 11.0. The lowest BCUT2D eigenvalue weighted by Crippen LogP contribution is -2.36. The van der Waals surface area contributed by atoms with Crippen LogP contribution in [0.3, 0.4) is 0 Å². The highest BCUT2D eigenvalue weighted by Crippen LogP contribution is 2.26. The lowest BCUT2D eigenvalue weighted by molar-refractivity contribution is -0.132. The van der Waals surface area contributed by atoms with E-state index in [0.717, 1.165) is 6.42 Å². The van der Waals surface area contributed by atoms with Crippen LogP contribution in [-0.2, 0) is 4.79 Å². The Kier molecular flexibility index (Phi) is 10.4. The fourth-order valence-corrected chi connectivity index (χ4v) is 1.89. The average Bonchev–Trinajstić information content (AvgIpc) is 2.51. The summed E-state index contributed by atoms with van der Waals surface area (Å²) in [4.78, 5) is 13.7. The summed E-state index contributed by atoms with van der Waals surface area (Å²) in [5.41, 5.74) is 6.00. The second-order valence-corrected chi connectivity index (χ2v) is 5.68. The first-order chi connectivity index (χ1) is 10.5. The molecule has 0 saturated carbocycles. The van der Waals surface area contributed by atoms with Gasteiger partial charge in [0.25, 0.3) is 5.91 Å². The van der Waals surface area contributed by atoms with Crippen molar-refractivity contribution >= 4 is 18.3 Å². The molecule has 1 atom stereocenters. The Morgan fingerprint density at radius 3 is 2.30 bits per heavy atom. The fraction of sp³-hybridized carbons (Fsp3) is 0.588. The van der Waals surface area contributed by atoms with Gasteiger partial charge in [0.05, 0.1) is 6.61 Å². The van der Waals surface area contributed by atoms with Gasteiger partial charge in [-0.1, -0.05) is 26.0 Å². The van der Waals surface area contributed by atoms with Gasteiger partial charge in [0.2, 0.25) is 0 Å². The molecule has 1 aromatic carbocycles. The lowest BCUT2D eigenvalue weighted by atomic mass is 10.0. The number of para-hydroxylation sites is 2. The molecular weight excluding hydrogens is 316 g/mol. The van der Waals surface area contributed by atoms with Crippen molar-refractivity contribution in [1.29, 1.82) is 0 Å². The van der Waals surface area contributed by atoms with Crippen LogP contribution < -0.4 is 15.2 Å². The summed E-state index contributed by atoms with van der Waals surface area (Å²) in [5, 5.41) is 0. The molecule has 0 aliphatic carbocycles. The molecule has 2 N–H and O–H groups in total. The Hall–Kier alpha value is -1.46. The number of carbonyl (C=O) groups is 1. The van der Waals surface area contributed by atoms with Gasteiger partial charge < -0.3 is 20.1 Å². The molecule has 0 aromatic heterocycles. The zero-order valence-electron chi connectivity index (χ0n) is 14.5. The number of nitrogens with zero attached hydrogens (tertiary/aromatic N) is 1. The smallest absolute Gasteiger partial charge is 0.260 e. The van der Waals surface area contributed by atoms with E-state index < -0.39 is 0 Å². The standard InChI is InChI=1S/C17H28N2O3.ClH/c1-5-21-15-8-6-7-9-16(15)22-12-17(20)19(4)11-10-14(18)13(2)3;/h6-9,13-14H,5,10-12,18H2,1-4H3;1H. The summed E-state index contributed by atoms with van der Waals surface area (Å²) in [7, 11) is 1.77. The molecule has 0 aliphatic rings. The molecule has 0 fully saturated rings. The highest BCUT2D eigenvalue weighted by molar-refractivity contribution is 5.85. The summed E-state index contributed by atoms with van der Waals surface area (Å²) >= 11 is 0. The predicted octanol–water partition coefficient (Wildman–Crippen LogP) is 2.72. The Labute approximate surface area is 145 Å². The Balaban J connectivity index is 0.00000484. The van der Waals surface area contributed by atoms with Crippen molar-refractivity contribution in [3.05, 3.63) is 24.3 Å². The van der Waals surface area contributed by atoms with Crippen LogP contribution in [0.4, 0.5) is 0 Å². The minimum atomic E-state index is -0.0674. The molecule has 0 aliphatic heterocycles. The third-order valence-corrected chi connectivity index (χ3v) is 3.58. The van der Waals surface area contributed by atoms with Gasteiger partial charge in [0.15, 0.2) is 18.1 Å². The number of rotatable bonds is 9. The number of carbonyl (C=O) groups excluding carboxylic acids is 1. The van der Waals surface area contributed by atoms with E-state index in [0.29, 0.717) is 30.6 Å². The number of benzene rings is 1. The molecule has 5 nitrogen and oxygen atoms in total. The van der Waals surface area contributed by atoms with E-state index >= 15 is 0 Å². The van der Waals surface area contributed by atoms with Crippen molar-refractivity contribution in [2.24, 2.45) is 11.7 Å². The number of ether oxygens (including phenoxy) is 2. The first kappa shape index (κ1) is 21.5. The Morgan fingerprint density at radius 2 is 1.78 bits per heavy atom. The number of amides is 1. The molecule has 0 heterocycles. The van der Waals surface area contributed by atoms with E-state index in [9.17, 15) is 4.79 Å². The maximum Gasteiger partial charge on any atom is 0.260 e. The zero-order chi connectivity index (χ0) is 16.5. The number of hydrogen-bond acceptors (Lipinski definition) is 4. The van der Waals surface area contributed by atoms with Gasteiger partial charge in [0, 0.05) is 19.6 Å². The van der Waals surface area contributed by atoms with Gasteiger partial charge in [0.1, 0.15) is 0 Å². The van der Waals surface area contributed by atoms with Gasteiger partial charge in [-0.15, -0.1) is 12.4 Å². The lowest BCUT2D eigenvalue weighted by Gasteiger charge is -2.21. The first-order valence-electron chi connectivity index (χ1n) is 7.79. The van der Waals surface area contributed by atoms with E-state index in [1.165, 1.54) is 0 Å². The fourth-order valence-electron chi connectivity index (χ4n) is 1.89. The molecule has 0 saturated heterocycles. The van der Waals surface area contributed by atoms with Crippen LogP contribution in [0.5, 0.6) is 11.5 Å². The van der Waals surface area contributed by atoms with Gasteiger partial charge >= 0.3 is 0 Å². The molecule has 0 bridgehead atoms. The van der Waals surface area contributed by atoms with Crippen molar-refractivity contribution < 1.29 is 14.3 Å². The third kappa shape index (κ3) is 7.57. The van der Waals surface area contributed by atoms with Crippen molar-refractivity contribution in [1.82, 2.24) is 4.90 Å². The second kappa shape index (κ2) is 11.1. The predicted molar refractivity (Wildman–Crippen MR) is 95.4 cm³/mol. The second-order valence-electron chi connectivity index (χ2n) is 5.68. The molecule has 1 aromatic rings. The highest BCUT2D eigenvalue weighted by Gasteiger charge is 2.14. The van der Waals surface area contributed by atoms with E-state index in [1.807, 2.05) is 25.1 Å². The highest BCUT2D eigenvalue weighted by atomic mass is 35.5. The first-order valence-corrected chi connectivity index (χ1v) is 7.79. The molecule has 23 heavy (non-hydrogen) atoms. The van der Waals surface area contributed by atoms with E-state index in [2.05, 4.69) is 13.8 Å². The van der Waals surface area contributed by atoms with Crippen molar-refractivity contribution in [2.45, 2.75) is 33.2 Å². The molecule has 0 spiro atoms. The monoisotopic (exact) mass is 344 g/mol. The van der Waals surface area contributed by atoms with Crippen LogP contribution in [-0.4, -0.2) is 43.7 Å². The number of nitrogens with two attached hydrogens (primary N) is 1. The average molecular weight is 345 g/mol. The molecule has 6 heteroatoms. The van der Waals surface area contributed by atoms with Crippen molar-refractivity contribution in [3.63, 3.8) is 0 Å². The summed E-state index contributed by atoms with van der Waals surface area (Å²) in [6, 6.07) is 7.46. The van der Waals surface area contributed by atoms with E-state index in [4.69, 9.17) is 15.2 Å². The maximum atomic E-state index is 12.1. The van der Waals surface area contributed by atoms with Crippen LogP contribution in [0.1, 0.15) is 27.2 Å². The van der Waals surface area contributed by atoms with E-state index in [1.54, 1.807) is 18.0 Å².